The molecule has 7 nitrogen and oxygen atoms in total. The molecule has 1 aliphatic heterocycles. The zero-order valence-corrected chi connectivity index (χ0v) is 15.8. The fourth-order valence-electron chi connectivity index (χ4n) is 3.00. The van der Waals surface area contributed by atoms with Gasteiger partial charge in [-0.15, -0.1) is 0 Å². The van der Waals surface area contributed by atoms with Gasteiger partial charge in [0.25, 0.3) is 0 Å². The van der Waals surface area contributed by atoms with Crippen LogP contribution in [0.2, 0.25) is 0 Å². The molecule has 8 heteroatoms. The molecule has 0 aliphatic carbocycles. The van der Waals surface area contributed by atoms with E-state index in [0.29, 0.717) is 18.7 Å². The van der Waals surface area contributed by atoms with E-state index in [1.165, 1.54) is 5.56 Å². The Labute approximate surface area is 153 Å². The lowest BCUT2D eigenvalue weighted by Gasteiger charge is -2.16. The molecule has 1 aromatic heterocycles. The quantitative estimate of drug-likeness (QED) is 0.818. The van der Waals surface area contributed by atoms with E-state index in [9.17, 15) is 13.2 Å². The Kier molecular flexibility index (Phi) is 5.43. The second-order valence-corrected chi connectivity index (χ2v) is 9.11. The molecule has 0 bridgehead atoms. The molecule has 26 heavy (non-hydrogen) atoms. The summed E-state index contributed by atoms with van der Waals surface area (Å²) in [5.74, 6) is 0.658. The minimum atomic E-state index is -3.00. The summed E-state index contributed by atoms with van der Waals surface area (Å²) in [4.78, 5) is 13.9. The van der Waals surface area contributed by atoms with Crippen LogP contribution in [0.5, 0.6) is 0 Å². The molecule has 1 atom stereocenters. The summed E-state index contributed by atoms with van der Waals surface area (Å²) < 4.78 is 28.2. The third kappa shape index (κ3) is 4.92. The molecule has 1 saturated heterocycles. The van der Waals surface area contributed by atoms with Gasteiger partial charge in [-0.25, -0.2) is 8.42 Å². The van der Waals surface area contributed by atoms with Crippen LogP contribution in [0.1, 0.15) is 17.7 Å². The van der Waals surface area contributed by atoms with Crippen LogP contribution < -0.4 is 5.32 Å². The van der Waals surface area contributed by atoms with Crippen molar-refractivity contribution in [2.24, 2.45) is 0 Å². The molecule has 0 spiro atoms. The molecule has 2 heterocycles. The van der Waals surface area contributed by atoms with Crippen LogP contribution in [-0.2, 0) is 21.2 Å². The number of nitrogens with zero attached hydrogens (tertiary/aromatic N) is 2. The molecule has 1 unspecified atom stereocenters. The minimum Gasteiger partial charge on any atom is -0.359 e. The molecular weight excluding hydrogens is 354 g/mol. The minimum absolute atomic E-state index is 0.0322. The Morgan fingerprint density at radius 3 is 2.73 bits per heavy atom. The zero-order chi connectivity index (χ0) is 18.7. The van der Waals surface area contributed by atoms with E-state index in [1.807, 2.05) is 37.3 Å². The molecule has 140 valence electrons. The molecule has 1 N–H and O–H groups in total. The van der Waals surface area contributed by atoms with Crippen LogP contribution in [-0.4, -0.2) is 55.5 Å². The number of aromatic nitrogens is 1. The van der Waals surface area contributed by atoms with Gasteiger partial charge in [0, 0.05) is 17.7 Å². The molecule has 2 aromatic rings. The Morgan fingerprint density at radius 2 is 2.08 bits per heavy atom. The summed E-state index contributed by atoms with van der Waals surface area (Å²) in [7, 11) is -1.19. The number of sulfone groups is 1. The van der Waals surface area contributed by atoms with E-state index in [0.717, 1.165) is 11.3 Å². The van der Waals surface area contributed by atoms with Crippen molar-refractivity contribution in [1.82, 2.24) is 15.4 Å². The maximum absolute atomic E-state index is 12.1. The lowest BCUT2D eigenvalue weighted by Crippen LogP contribution is -2.41. The van der Waals surface area contributed by atoms with Crippen LogP contribution in [0.15, 0.2) is 34.9 Å². The number of hydrogen-bond donors (Lipinski definition) is 1. The van der Waals surface area contributed by atoms with Gasteiger partial charge in [0.05, 0.1) is 24.6 Å². The van der Waals surface area contributed by atoms with Crippen molar-refractivity contribution >= 4 is 15.7 Å². The maximum atomic E-state index is 12.1. The topological polar surface area (TPSA) is 92.5 Å². The fourth-order valence-corrected chi connectivity index (χ4v) is 4.67. The molecule has 0 saturated carbocycles. The summed E-state index contributed by atoms with van der Waals surface area (Å²) >= 11 is 0. The van der Waals surface area contributed by atoms with Crippen molar-refractivity contribution in [3.8, 4) is 11.3 Å². The molecule has 1 aromatic carbocycles. The normalized spacial score (nSPS) is 19.0. The van der Waals surface area contributed by atoms with Crippen LogP contribution in [0.3, 0.4) is 0 Å². The van der Waals surface area contributed by atoms with Gasteiger partial charge in [0.2, 0.25) is 5.91 Å². The highest BCUT2D eigenvalue weighted by atomic mass is 32.2. The molecular formula is C18H23N3O4S. The van der Waals surface area contributed by atoms with Crippen molar-refractivity contribution in [1.29, 1.82) is 0 Å². The number of aryl methyl sites for hydroxylation is 1. The number of amides is 1. The second kappa shape index (κ2) is 7.59. The lowest BCUT2D eigenvalue weighted by molar-refractivity contribution is -0.122. The molecule has 1 aliphatic rings. The number of carbonyl (C=O) groups excluding carboxylic acids is 1. The van der Waals surface area contributed by atoms with Crippen molar-refractivity contribution in [3.05, 3.63) is 41.7 Å². The number of benzene rings is 1. The third-order valence-corrected chi connectivity index (χ3v) is 6.11. The van der Waals surface area contributed by atoms with Crippen molar-refractivity contribution in [3.63, 3.8) is 0 Å². The van der Waals surface area contributed by atoms with E-state index < -0.39 is 9.84 Å². The van der Waals surface area contributed by atoms with E-state index in [2.05, 4.69) is 10.5 Å². The van der Waals surface area contributed by atoms with Crippen molar-refractivity contribution in [2.75, 3.05) is 25.1 Å². The highest BCUT2D eigenvalue weighted by Gasteiger charge is 2.29. The number of likely N-dealkylation sites (N-methyl/N-ethyl adjacent to an activating group) is 1. The van der Waals surface area contributed by atoms with E-state index in [-0.39, 0.29) is 30.0 Å². The monoisotopic (exact) mass is 377 g/mol. The number of carbonyl (C=O) groups is 1. The second-order valence-electron chi connectivity index (χ2n) is 6.88. The van der Waals surface area contributed by atoms with Crippen LogP contribution >= 0.6 is 0 Å². The lowest BCUT2D eigenvalue weighted by atomic mass is 10.1. The summed E-state index contributed by atoms with van der Waals surface area (Å²) in [5, 5.41) is 6.86. The Morgan fingerprint density at radius 1 is 1.35 bits per heavy atom. The molecule has 0 radical (unpaired) electrons. The standard InChI is InChI=1S/C18H23N3O4S/c1-13-3-5-14(6-4-13)17-9-16(25-20-17)10-21(2)11-18(22)19-15-7-8-26(23,24)12-15/h3-6,9,15H,7-8,10-12H2,1-2H3,(H,19,22). The molecule has 1 amide bonds. The Balaban J connectivity index is 1.51. The number of hydrogen-bond acceptors (Lipinski definition) is 6. The van der Waals surface area contributed by atoms with E-state index >= 15 is 0 Å². The van der Waals surface area contributed by atoms with E-state index in [4.69, 9.17) is 4.52 Å². The van der Waals surface area contributed by atoms with Gasteiger partial charge in [-0.05, 0) is 20.4 Å². The summed E-state index contributed by atoms with van der Waals surface area (Å²) in [6, 6.07) is 9.60. The summed E-state index contributed by atoms with van der Waals surface area (Å²) in [6.45, 7) is 2.63. The number of rotatable bonds is 6. The van der Waals surface area contributed by atoms with Gasteiger partial charge in [-0.1, -0.05) is 35.0 Å². The van der Waals surface area contributed by atoms with Crippen LogP contribution in [0, 0.1) is 6.92 Å². The largest absolute Gasteiger partial charge is 0.359 e. The average molecular weight is 377 g/mol. The van der Waals surface area contributed by atoms with Crippen LogP contribution in [0.25, 0.3) is 11.3 Å². The van der Waals surface area contributed by atoms with E-state index in [1.54, 1.807) is 11.9 Å². The van der Waals surface area contributed by atoms with Crippen LogP contribution in [0.4, 0.5) is 0 Å². The first-order chi connectivity index (χ1) is 12.3. The van der Waals surface area contributed by atoms with Crippen molar-refractivity contribution < 1.29 is 17.7 Å². The Hall–Kier alpha value is -2.19. The number of nitrogens with one attached hydrogen (secondary N) is 1. The van der Waals surface area contributed by atoms with Gasteiger partial charge in [0.15, 0.2) is 15.6 Å². The SMILES string of the molecule is Cc1ccc(-c2cc(CN(C)CC(=O)NC3CCS(=O)(=O)C3)on2)cc1. The molecule has 1 fully saturated rings. The Bertz CT molecular complexity index is 874. The van der Waals surface area contributed by atoms with Gasteiger partial charge in [0.1, 0.15) is 5.69 Å². The van der Waals surface area contributed by atoms with Gasteiger partial charge < -0.3 is 9.84 Å². The predicted octanol–water partition coefficient (Wildman–Crippen LogP) is 1.39. The first-order valence-corrected chi connectivity index (χ1v) is 10.3. The van der Waals surface area contributed by atoms with Gasteiger partial charge in [-0.3, -0.25) is 9.69 Å². The smallest absolute Gasteiger partial charge is 0.234 e. The average Bonchev–Trinajstić information content (AvgIpc) is 3.14. The highest BCUT2D eigenvalue weighted by molar-refractivity contribution is 7.91. The predicted molar refractivity (Wildman–Crippen MR) is 98.2 cm³/mol. The zero-order valence-electron chi connectivity index (χ0n) is 14.9. The third-order valence-electron chi connectivity index (χ3n) is 4.34. The fraction of sp³-hybridized carbons (Fsp3) is 0.444. The van der Waals surface area contributed by atoms with Gasteiger partial charge in [-0.2, -0.15) is 0 Å². The summed E-state index contributed by atoms with van der Waals surface area (Å²) in [5.41, 5.74) is 2.92. The first-order valence-electron chi connectivity index (χ1n) is 8.52. The summed E-state index contributed by atoms with van der Waals surface area (Å²) in [6.07, 6.45) is 0.486. The maximum Gasteiger partial charge on any atom is 0.234 e. The molecule has 3 rings (SSSR count). The highest BCUT2D eigenvalue weighted by Crippen LogP contribution is 2.20. The van der Waals surface area contributed by atoms with Gasteiger partial charge >= 0.3 is 0 Å². The first kappa shape index (κ1) is 18.6. The van der Waals surface area contributed by atoms with Crippen molar-refractivity contribution in [2.45, 2.75) is 25.9 Å².